The van der Waals surface area contributed by atoms with Gasteiger partial charge >= 0.3 is 0 Å². The first-order valence-electron chi connectivity index (χ1n) is 9.34. The number of nitrogens with one attached hydrogen (secondary N) is 1. The molecular formula is C20H31BrN2O2. The molecule has 1 atom stereocenters. The molecule has 0 aliphatic heterocycles. The van der Waals surface area contributed by atoms with Crippen molar-refractivity contribution in [3.8, 4) is 0 Å². The monoisotopic (exact) mass is 410 g/mol. The molecule has 1 unspecified atom stereocenters. The quantitative estimate of drug-likeness (QED) is 0.567. The van der Waals surface area contributed by atoms with E-state index in [1.807, 2.05) is 29.2 Å². The normalized spacial score (nSPS) is 11.8. The van der Waals surface area contributed by atoms with Crippen LogP contribution in [0.2, 0.25) is 0 Å². The molecule has 140 valence electrons. The predicted molar refractivity (Wildman–Crippen MR) is 106 cm³/mol. The molecule has 25 heavy (non-hydrogen) atoms. The van der Waals surface area contributed by atoms with Crippen molar-refractivity contribution in [1.29, 1.82) is 0 Å². The van der Waals surface area contributed by atoms with Crippen LogP contribution < -0.4 is 5.32 Å². The number of hydrogen-bond donors (Lipinski definition) is 1. The average Bonchev–Trinajstić information content (AvgIpc) is 2.60. The van der Waals surface area contributed by atoms with E-state index in [1.165, 1.54) is 0 Å². The highest BCUT2D eigenvalue weighted by molar-refractivity contribution is 9.10. The van der Waals surface area contributed by atoms with Gasteiger partial charge in [0.05, 0.1) is 6.04 Å². The molecule has 5 heteroatoms. The van der Waals surface area contributed by atoms with Crippen LogP contribution in [0.1, 0.15) is 70.9 Å². The summed E-state index contributed by atoms with van der Waals surface area (Å²) in [5.74, 6) is 0.177. The second-order valence-electron chi connectivity index (χ2n) is 6.31. The molecule has 1 aromatic rings. The van der Waals surface area contributed by atoms with E-state index in [0.717, 1.165) is 42.4 Å². The van der Waals surface area contributed by atoms with E-state index >= 15 is 0 Å². The highest BCUT2D eigenvalue weighted by Gasteiger charge is 2.15. The minimum absolute atomic E-state index is 0.0140. The van der Waals surface area contributed by atoms with Gasteiger partial charge in [0.2, 0.25) is 11.8 Å². The van der Waals surface area contributed by atoms with Crippen LogP contribution in [0.4, 0.5) is 0 Å². The second kappa shape index (κ2) is 12.1. The van der Waals surface area contributed by atoms with E-state index in [-0.39, 0.29) is 17.9 Å². The highest BCUT2D eigenvalue weighted by atomic mass is 79.9. The van der Waals surface area contributed by atoms with Gasteiger partial charge in [0.25, 0.3) is 0 Å². The van der Waals surface area contributed by atoms with Crippen LogP contribution in [0.3, 0.4) is 0 Å². The molecular weight excluding hydrogens is 380 g/mol. The van der Waals surface area contributed by atoms with Crippen molar-refractivity contribution in [3.63, 3.8) is 0 Å². The van der Waals surface area contributed by atoms with E-state index in [2.05, 4.69) is 42.0 Å². The number of rotatable bonds is 11. The van der Waals surface area contributed by atoms with Crippen molar-refractivity contribution in [2.24, 2.45) is 0 Å². The predicted octanol–water partition coefficient (Wildman–Crippen LogP) is 4.84. The topological polar surface area (TPSA) is 49.4 Å². The Bertz CT molecular complexity index is 525. The van der Waals surface area contributed by atoms with Gasteiger partial charge in [-0.05, 0) is 43.4 Å². The lowest BCUT2D eigenvalue weighted by Gasteiger charge is -2.21. The van der Waals surface area contributed by atoms with Gasteiger partial charge < -0.3 is 10.2 Å². The highest BCUT2D eigenvalue weighted by Crippen LogP contribution is 2.19. The van der Waals surface area contributed by atoms with Gasteiger partial charge in [0.15, 0.2) is 0 Å². The Hall–Kier alpha value is -1.36. The third kappa shape index (κ3) is 8.04. The lowest BCUT2D eigenvalue weighted by Crippen LogP contribution is -2.33. The molecule has 2 amide bonds. The Labute approximate surface area is 160 Å². The van der Waals surface area contributed by atoms with Crippen molar-refractivity contribution in [1.82, 2.24) is 10.2 Å². The zero-order valence-electron chi connectivity index (χ0n) is 15.7. The summed E-state index contributed by atoms with van der Waals surface area (Å²) >= 11 is 3.43. The number of amides is 2. The molecule has 1 aromatic carbocycles. The van der Waals surface area contributed by atoms with Gasteiger partial charge in [-0.1, -0.05) is 48.8 Å². The van der Waals surface area contributed by atoms with E-state index in [1.54, 1.807) is 0 Å². The SMILES string of the molecule is CCCN(CCC)C(=O)CCCC(=O)NC(CC)c1ccc(Br)cc1. The van der Waals surface area contributed by atoms with Gasteiger partial charge in [0.1, 0.15) is 0 Å². The standard InChI is InChI=1S/C20H31BrN2O2/c1-4-14-23(15-5-2)20(25)9-7-8-19(24)22-18(6-3)16-10-12-17(21)13-11-16/h10-13,18H,4-9,14-15H2,1-3H3,(H,22,24). The zero-order valence-corrected chi connectivity index (χ0v) is 17.3. The molecule has 0 aliphatic rings. The Morgan fingerprint density at radius 2 is 1.64 bits per heavy atom. The van der Waals surface area contributed by atoms with E-state index in [4.69, 9.17) is 0 Å². The molecule has 0 saturated heterocycles. The van der Waals surface area contributed by atoms with E-state index in [9.17, 15) is 9.59 Å². The van der Waals surface area contributed by atoms with Gasteiger partial charge in [-0.3, -0.25) is 9.59 Å². The molecule has 1 N–H and O–H groups in total. The van der Waals surface area contributed by atoms with Gasteiger partial charge in [-0.15, -0.1) is 0 Å². The third-order valence-corrected chi connectivity index (χ3v) is 4.68. The van der Waals surface area contributed by atoms with Crippen molar-refractivity contribution in [2.45, 2.75) is 65.3 Å². The maximum Gasteiger partial charge on any atom is 0.222 e. The Kier molecular flexibility index (Phi) is 10.5. The number of benzene rings is 1. The first-order valence-corrected chi connectivity index (χ1v) is 10.1. The smallest absolute Gasteiger partial charge is 0.222 e. The maximum absolute atomic E-state index is 12.2. The summed E-state index contributed by atoms with van der Waals surface area (Å²) in [6.07, 6.45) is 4.22. The Balaban J connectivity index is 2.42. The fourth-order valence-electron chi connectivity index (χ4n) is 2.84. The van der Waals surface area contributed by atoms with Crippen molar-refractivity contribution in [2.75, 3.05) is 13.1 Å². The largest absolute Gasteiger partial charge is 0.349 e. The van der Waals surface area contributed by atoms with Crippen LogP contribution in [0.25, 0.3) is 0 Å². The second-order valence-corrected chi connectivity index (χ2v) is 7.23. The number of hydrogen-bond acceptors (Lipinski definition) is 2. The van der Waals surface area contributed by atoms with Crippen LogP contribution in [0, 0.1) is 0 Å². The summed E-state index contributed by atoms with van der Waals surface area (Å²) in [6.45, 7) is 7.83. The lowest BCUT2D eigenvalue weighted by atomic mass is 10.0. The fraction of sp³-hybridized carbons (Fsp3) is 0.600. The molecule has 1 rings (SSSR count). The van der Waals surface area contributed by atoms with Gasteiger partial charge in [-0.2, -0.15) is 0 Å². The summed E-state index contributed by atoms with van der Waals surface area (Å²) in [5.41, 5.74) is 1.10. The molecule has 0 heterocycles. The summed E-state index contributed by atoms with van der Waals surface area (Å²) in [6, 6.07) is 8.04. The molecule has 0 bridgehead atoms. The first-order chi connectivity index (χ1) is 12.0. The first kappa shape index (κ1) is 21.7. The summed E-state index contributed by atoms with van der Waals surface area (Å²) in [4.78, 5) is 26.3. The number of halogens is 1. The lowest BCUT2D eigenvalue weighted by molar-refractivity contribution is -0.131. The third-order valence-electron chi connectivity index (χ3n) is 4.15. The molecule has 0 aliphatic carbocycles. The van der Waals surface area contributed by atoms with Gasteiger partial charge in [-0.25, -0.2) is 0 Å². The van der Waals surface area contributed by atoms with Crippen molar-refractivity contribution >= 4 is 27.7 Å². The molecule has 4 nitrogen and oxygen atoms in total. The van der Waals surface area contributed by atoms with Crippen LogP contribution in [0.15, 0.2) is 28.7 Å². The van der Waals surface area contributed by atoms with Crippen LogP contribution in [-0.2, 0) is 9.59 Å². The van der Waals surface area contributed by atoms with Gasteiger partial charge in [0, 0.05) is 30.4 Å². The minimum Gasteiger partial charge on any atom is -0.349 e. The van der Waals surface area contributed by atoms with Crippen LogP contribution in [-0.4, -0.2) is 29.8 Å². The minimum atomic E-state index is 0.0140. The molecule has 0 spiro atoms. The number of carbonyl (C=O) groups excluding carboxylic acids is 2. The van der Waals surface area contributed by atoms with Crippen molar-refractivity contribution in [3.05, 3.63) is 34.3 Å². The molecule has 0 fully saturated rings. The summed E-state index contributed by atoms with van der Waals surface area (Å²) in [5, 5.41) is 3.08. The maximum atomic E-state index is 12.2. The summed E-state index contributed by atoms with van der Waals surface area (Å²) < 4.78 is 1.03. The van der Waals surface area contributed by atoms with Crippen LogP contribution in [0.5, 0.6) is 0 Å². The zero-order chi connectivity index (χ0) is 18.7. The fourth-order valence-corrected chi connectivity index (χ4v) is 3.11. The van der Waals surface area contributed by atoms with Crippen molar-refractivity contribution < 1.29 is 9.59 Å². The van der Waals surface area contributed by atoms with E-state index in [0.29, 0.717) is 19.3 Å². The number of nitrogens with zero attached hydrogens (tertiary/aromatic N) is 1. The Morgan fingerprint density at radius 3 is 2.16 bits per heavy atom. The number of carbonyl (C=O) groups is 2. The van der Waals surface area contributed by atoms with E-state index < -0.39 is 0 Å². The molecule has 0 radical (unpaired) electrons. The van der Waals surface area contributed by atoms with Crippen LogP contribution >= 0.6 is 15.9 Å². The molecule has 0 aromatic heterocycles. The molecule has 0 saturated carbocycles. The average molecular weight is 411 g/mol. The summed E-state index contributed by atoms with van der Waals surface area (Å²) in [7, 11) is 0. The Morgan fingerprint density at radius 1 is 1.04 bits per heavy atom.